The van der Waals surface area contributed by atoms with Gasteiger partial charge in [0.15, 0.2) is 6.04 Å². The van der Waals surface area contributed by atoms with Crippen LogP contribution in [0.15, 0.2) is 36.4 Å². The van der Waals surface area contributed by atoms with Crippen molar-refractivity contribution in [2.75, 3.05) is 0 Å². The van der Waals surface area contributed by atoms with Crippen molar-refractivity contribution < 1.29 is 14.7 Å². The second-order valence-electron chi connectivity index (χ2n) is 6.20. The molecule has 1 amide bonds. The third kappa shape index (κ3) is 3.64. The number of aliphatic carboxylic acids is 1. The summed E-state index contributed by atoms with van der Waals surface area (Å²) in [4.78, 5) is 23.8. The minimum atomic E-state index is -1.10. The van der Waals surface area contributed by atoms with Crippen LogP contribution in [0.5, 0.6) is 0 Å². The minimum Gasteiger partial charge on any atom is -0.479 e. The lowest BCUT2D eigenvalue weighted by atomic mass is 9.87. The average molecular weight is 327 g/mol. The first-order chi connectivity index (χ1) is 11.6. The van der Waals surface area contributed by atoms with Crippen molar-refractivity contribution in [3.63, 3.8) is 0 Å². The van der Waals surface area contributed by atoms with Crippen LogP contribution in [0.4, 0.5) is 0 Å². The van der Waals surface area contributed by atoms with Crippen LogP contribution in [-0.2, 0) is 4.79 Å². The van der Waals surface area contributed by atoms with Crippen LogP contribution in [-0.4, -0.2) is 27.2 Å². The van der Waals surface area contributed by atoms with E-state index in [0.717, 1.165) is 18.5 Å². The van der Waals surface area contributed by atoms with Crippen molar-refractivity contribution in [2.45, 2.75) is 44.1 Å². The summed E-state index contributed by atoms with van der Waals surface area (Å²) in [6.07, 6.45) is 5.85. The van der Waals surface area contributed by atoms with Gasteiger partial charge in [0.05, 0.1) is 0 Å². The highest BCUT2D eigenvalue weighted by Crippen LogP contribution is 2.31. The number of hydrogen-bond donors (Lipinski definition) is 3. The smallest absolute Gasteiger partial charge is 0.330 e. The van der Waals surface area contributed by atoms with Crippen LogP contribution < -0.4 is 5.32 Å². The van der Waals surface area contributed by atoms with E-state index in [9.17, 15) is 14.7 Å². The highest BCUT2D eigenvalue weighted by molar-refractivity contribution is 5.95. The number of hydrogen-bond acceptors (Lipinski definition) is 3. The topological polar surface area (TPSA) is 95.1 Å². The lowest BCUT2D eigenvalue weighted by molar-refractivity contribution is -0.139. The van der Waals surface area contributed by atoms with Crippen LogP contribution in [0.1, 0.15) is 65.8 Å². The van der Waals surface area contributed by atoms with Gasteiger partial charge in [0.25, 0.3) is 5.91 Å². The monoisotopic (exact) mass is 327 g/mol. The second kappa shape index (κ2) is 7.29. The number of aromatic amines is 1. The Morgan fingerprint density at radius 3 is 2.54 bits per heavy atom. The van der Waals surface area contributed by atoms with Crippen LogP contribution in [0.25, 0.3) is 0 Å². The molecule has 126 valence electrons. The Balaban J connectivity index is 1.71. The number of aromatic nitrogens is 2. The van der Waals surface area contributed by atoms with Crippen molar-refractivity contribution in [1.82, 2.24) is 15.5 Å². The zero-order valence-electron chi connectivity index (χ0n) is 13.4. The van der Waals surface area contributed by atoms with Gasteiger partial charge in [-0.15, -0.1) is 0 Å². The Kier molecular flexibility index (Phi) is 4.93. The minimum absolute atomic E-state index is 0.234. The highest BCUT2D eigenvalue weighted by Gasteiger charge is 2.25. The zero-order chi connectivity index (χ0) is 16.9. The molecule has 0 saturated heterocycles. The number of nitrogens with one attached hydrogen (secondary N) is 2. The Bertz CT molecular complexity index is 705. The lowest BCUT2D eigenvalue weighted by Crippen LogP contribution is -2.33. The van der Waals surface area contributed by atoms with E-state index in [1.54, 1.807) is 36.4 Å². The lowest BCUT2D eigenvalue weighted by Gasteiger charge is -2.19. The van der Waals surface area contributed by atoms with Gasteiger partial charge >= 0.3 is 5.97 Å². The van der Waals surface area contributed by atoms with Gasteiger partial charge in [0.2, 0.25) is 0 Å². The SMILES string of the molecule is O=C(N[C@H](C(=O)O)c1ccccc1)c1cc(C2CCCCC2)[nH]n1. The Labute approximate surface area is 140 Å². The van der Waals surface area contributed by atoms with Gasteiger partial charge in [0.1, 0.15) is 5.69 Å². The summed E-state index contributed by atoms with van der Waals surface area (Å²) >= 11 is 0. The van der Waals surface area contributed by atoms with Crippen LogP contribution in [0.2, 0.25) is 0 Å². The molecule has 0 unspecified atom stereocenters. The molecule has 0 radical (unpaired) electrons. The molecule has 1 saturated carbocycles. The Morgan fingerprint density at radius 2 is 1.88 bits per heavy atom. The molecule has 0 spiro atoms. The molecule has 1 atom stereocenters. The van der Waals surface area contributed by atoms with E-state index in [4.69, 9.17) is 0 Å². The van der Waals surface area contributed by atoms with Gasteiger partial charge in [0, 0.05) is 11.6 Å². The molecule has 24 heavy (non-hydrogen) atoms. The number of rotatable bonds is 5. The molecule has 2 aromatic rings. The van der Waals surface area contributed by atoms with E-state index in [-0.39, 0.29) is 5.69 Å². The largest absolute Gasteiger partial charge is 0.479 e. The van der Waals surface area contributed by atoms with Gasteiger partial charge in [-0.05, 0) is 24.5 Å². The number of carbonyl (C=O) groups is 2. The normalized spacial score (nSPS) is 16.5. The van der Waals surface area contributed by atoms with Crippen molar-refractivity contribution in [2.24, 2.45) is 0 Å². The predicted octanol–water partition coefficient (Wildman–Crippen LogP) is 3.01. The van der Waals surface area contributed by atoms with Gasteiger partial charge in [-0.1, -0.05) is 49.6 Å². The molecule has 6 heteroatoms. The van der Waals surface area contributed by atoms with E-state index in [1.165, 1.54) is 19.3 Å². The summed E-state index contributed by atoms with van der Waals surface area (Å²) in [6.45, 7) is 0. The molecule has 0 bridgehead atoms. The zero-order valence-corrected chi connectivity index (χ0v) is 13.4. The predicted molar refractivity (Wildman–Crippen MR) is 88.7 cm³/mol. The quantitative estimate of drug-likeness (QED) is 0.786. The van der Waals surface area contributed by atoms with Crippen LogP contribution in [0, 0.1) is 0 Å². The fourth-order valence-electron chi connectivity index (χ4n) is 3.21. The average Bonchev–Trinajstić information content (AvgIpc) is 3.11. The molecule has 1 fully saturated rings. The number of H-pyrrole nitrogens is 1. The van der Waals surface area contributed by atoms with Crippen LogP contribution in [0.3, 0.4) is 0 Å². The highest BCUT2D eigenvalue weighted by atomic mass is 16.4. The Hall–Kier alpha value is -2.63. The van der Waals surface area contributed by atoms with Gasteiger partial charge in [-0.3, -0.25) is 9.89 Å². The molecular formula is C18H21N3O3. The molecule has 3 N–H and O–H groups in total. The van der Waals surface area contributed by atoms with E-state index in [2.05, 4.69) is 15.5 Å². The van der Waals surface area contributed by atoms with Crippen molar-refractivity contribution in [3.05, 3.63) is 53.3 Å². The van der Waals surface area contributed by atoms with Gasteiger partial charge in [-0.25, -0.2) is 4.79 Å². The maximum atomic E-state index is 12.4. The van der Waals surface area contributed by atoms with Gasteiger partial charge in [-0.2, -0.15) is 5.10 Å². The number of amides is 1. The first kappa shape index (κ1) is 16.2. The van der Waals surface area contributed by atoms with Crippen molar-refractivity contribution >= 4 is 11.9 Å². The molecule has 0 aliphatic heterocycles. The van der Waals surface area contributed by atoms with Gasteiger partial charge < -0.3 is 10.4 Å². The summed E-state index contributed by atoms with van der Waals surface area (Å²) in [5.74, 6) is -1.17. The molecule has 6 nitrogen and oxygen atoms in total. The number of nitrogens with zero attached hydrogens (tertiary/aromatic N) is 1. The van der Waals surface area contributed by atoms with Crippen molar-refractivity contribution in [1.29, 1.82) is 0 Å². The molecule has 1 aliphatic rings. The van der Waals surface area contributed by atoms with E-state index < -0.39 is 17.9 Å². The molecular weight excluding hydrogens is 306 g/mol. The number of carboxylic acid groups (broad SMARTS) is 1. The number of carbonyl (C=O) groups excluding carboxylic acids is 1. The fraction of sp³-hybridized carbons (Fsp3) is 0.389. The third-order valence-electron chi connectivity index (χ3n) is 4.53. The van der Waals surface area contributed by atoms with E-state index in [0.29, 0.717) is 11.5 Å². The maximum Gasteiger partial charge on any atom is 0.330 e. The number of carboxylic acids is 1. The standard InChI is InChI=1S/C18H21N3O3/c22-17(19-16(18(23)24)13-9-5-2-6-10-13)15-11-14(20-21-15)12-7-3-1-4-8-12/h2,5-6,9-12,16H,1,3-4,7-8H2,(H,19,22)(H,20,21)(H,23,24)/t16-/m0/s1. The summed E-state index contributed by atoms with van der Waals surface area (Å²) in [7, 11) is 0. The van der Waals surface area contributed by atoms with Crippen molar-refractivity contribution in [3.8, 4) is 0 Å². The first-order valence-electron chi connectivity index (χ1n) is 8.29. The third-order valence-corrected chi connectivity index (χ3v) is 4.53. The van der Waals surface area contributed by atoms with E-state index in [1.807, 2.05) is 0 Å². The van der Waals surface area contributed by atoms with Crippen LogP contribution >= 0.6 is 0 Å². The molecule has 1 aliphatic carbocycles. The summed E-state index contributed by atoms with van der Waals surface area (Å²) in [5, 5.41) is 18.9. The fourth-order valence-corrected chi connectivity index (χ4v) is 3.21. The summed E-state index contributed by atoms with van der Waals surface area (Å²) in [5.41, 5.74) is 1.73. The Morgan fingerprint density at radius 1 is 1.17 bits per heavy atom. The first-order valence-corrected chi connectivity index (χ1v) is 8.29. The molecule has 3 rings (SSSR count). The van der Waals surface area contributed by atoms with E-state index >= 15 is 0 Å². The molecule has 1 heterocycles. The second-order valence-corrected chi connectivity index (χ2v) is 6.20. The number of benzene rings is 1. The maximum absolute atomic E-state index is 12.4. The summed E-state index contributed by atoms with van der Waals surface area (Å²) < 4.78 is 0. The summed E-state index contributed by atoms with van der Waals surface area (Å²) in [6, 6.07) is 9.30. The molecule has 1 aromatic carbocycles. The molecule has 1 aromatic heterocycles.